The first-order valence-electron chi connectivity index (χ1n) is 14.3. The Hall–Kier alpha value is -3.91. The lowest BCUT2D eigenvalue weighted by Crippen LogP contribution is -2.64. The number of ether oxygens (including phenoxy) is 7. The van der Waals surface area contributed by atoms with Gasteiger partial charge in [0.25, 0.3) is 0 Å². The van der Waals surface area contributed by atoms with Crippen LogP contribution in [0.15, 0.2) is 33.5 Å². The molecular formula is C30H36O17. The van der Waals surface area contributed by atoms with E-state index in [4.69, 9.17) is 37.6 Å². The van der Waals surface area contributed by atoms with Gasteiger partial charge in [0, 0.05) is 11.6 Å². The quantitative estimate of drug-likeness (QED) is 0.135. The lowest BCUT2D eigenvalue weighted by atomic mass is 9.97. The van der Waals surface area contributed by atoms with Gasteiger partial charge in [-0.1, -0.05) is 0 Å². The standard InChI is InChI=1S/C30H36O17/c1-10-18(33)22(37)24(39)29(43-10)47-28-23(38)19(34)16(9-31)46-30(28)45-15-8-14-17(20(35)26(15)41-3)21(36)27(42-4)25(44-14)11-5-6-12(32)13(7-11)40-2/h5-8,10,16,18-19,22-24,28-35,37-39H,9H2,1-4H3/t10?,16?,18-,19+,22-,23-,24?,28?,29-,30+/m0/s1. The van der Waals surface area contributed by atoms with Gasteiger partial charge in [-0.05, 0) is 25.1 Å². The lowest BCUT2D eigenvalue weighted by molar-refractivity contribution is -0.354. The Labute approximate surface area is 266 Å². The number of rotatable bonds is 9. The van der Waals surface area contributed by atoms with Gasteiger partial charge in [-0.25, -0.2) is 0 Å². The number of aliphatic hydroxyl groups excluding tert-OH is 6. The molecule has 1 aromatic heterocycles. The second-order valence-corrected chi connectivity index (χ2v) is 10.9. The molecule has 17 heteroatoms. The molecule has 5 rings (SSSR count). The molecule has 0 saturated carbocycles. The molecule has 0 aliphatic carbocycles. The first-order chi connectivity index (χ1) is 22.4. The van der Waals surface area contributed by atoms with Gasteiger partial charge < -0.3 is 78.4 Å². The predicted molar refractivity (Wildman–Crippen MR) is 157 cm³/mol. The van der Waals surface area contributed by atoms with Crippen LogP contribution < -0.4 is 24.4 Å². The van der Waals surface area contributed by atoms with Crippen molar-refractivity contribution < 1.29 is 78.4 Å². The summed E-state index contributed by atoms with van der Waals surface area (Å²) >= 11 is 0. The van der Waals surface area contributed by atoms with Crippen molar-refractivity contribution >= 4 is 11.0 Å². The zero-order chi connectivity index (χ0) is 34.3. The lowest BCUT2D eigenvalue weighted by Gasteiger charge is -2.45. The van der Waals surface area contributed by atoms with Gasteiger partial charge in [-0.3, -0.25) is 4.79 Å². The Morgan fingerprint density at radius 2 is 1.49 bits per heavy atom. The van der Waals surface area contributed by atoms with Crippen molar-refractivity contribution in [3.05, 3.63) is 34.5 Å². The molecule has 17 nitrogen and oxygen atoms in total. The van der Waals surface area contributed by atoms with Crippen molar-refractivity contribution in [2.45, 2.75) is 68.3 Å². The van der Waals surface area contributed by atoms with E-state index in [1.165, 1.54) is 39.3 Å². The van der Waals surface area contributed by atoms with E-state index < -0.39 is 84.9 Å². The van der Waals surface area contributed by atoms with Gasteiger partial charge in [0.05, 0.1) is 34.0 Å². The third-order valence-corrected chi connectivity index (χ3v) is 8.05. The highest BCUT2D eigenvalue weighted by Crippen LogP contribution is 2.45. The molecular weight excluding hydrogens is 632 g/mol. The molecule has 0 spiro atoms. The van der Waals surface area contributed by atoms with Gasteiger partial charge in [0.1, 0.15) is 47.6 Å². The molecule has 3 aromatic rings. The maximum atomic E-state index is 13.6. The molecule has 4 unspecified atom stereocenters. The summed E-state index contributed by atoms with van der Waals surface area (Å²) in [4.78, 5) is 13.6. The van der Waals surface area contributed by atoms with Gasteiger partial charge >= 0.3 is 0 Å². The minimum atomic E-state index is -1.83. The number of phenols is 2. The van der Waals surface area contributed by atoms with E-state index in [0.717, 1.165) is 13.2 Å². The SMILES string of the molecule is COc1cc(-c2oc3cc(O[C@@H]4OC(CO)[C@@H](O)[C@H](O)C4O[C@@H]4OC(C)[C@H](O)[C@H](O)C4O)c(OC)c(O)c3c(=O)c2OC)ccc1O. The molecule has 2 fully saturated rings. The number of aliphatic hydroxyl groups is 6. The number of phenolic OH excluding ortho intramolecular Hbond substituents is 2. The topological polar surface area (TPSA) is 257 Å². The molecule has 258 valence electrons. The summed E-state index contributed by atoms with van der Waals surface area (Å²) in [6, 6.07) is 5.29. The van der Waals surface area contributed by atoms with E-state index in [-0.39, 0.29) is 45.3 Å². The van der Waals surface area contributed by atoms with E-state index in [1.807, 2.05) is 0 Å². The number of benzene rings is 2. The van der Waals surface area contributed by atoms with Crippen LogP contribution in [0.2, 0.25) is 0 Å². The summed E-state index contributed by atoms with van der Waals surface area (Å²) in [6.07, 6.45) is -16.0. The minimum Gasteiger partial charge on any atom is -0.504 e. The highest BCUT2D eigenvalue weighted by atomic mass is 16.8. The molecule has 2 aliphatic rings. The number of aromatic hydroxyl groups is 2. The smallest absolute Gasteiger partial charge is 0.239 e. The second kappa shape index (κ2) is 13.7. The van der Waals surface area contributed by atoms with Crippen LogP contribution in [0.1, 0.15) is 6.92 Å². The average Bonchev–Trinajstić information content (AvgIpc) is 3.05. The predicted octanol–water partition coefficient (Wildman–Crippen LogP) is -1.07. The third-order valence-electron chi connectivity index (χ3n) is 8.05. The Balaban J connectivity index is 1.59. The average molecular weight is 669 g/mol. The van der Waals surface area contributed by atoms with Crippen LogP contribution >= 0.6 is 0 Å². The fourth-order valence-electron chi connectivity index (χ4n) is 5.46. The van der Waals surface area contributed by atoms with Crippen LogP contribution in [-0.2, 0) is 14.2 Å². The summed E-state index contributed by atoms with van der Waals surface area (Å²) in [6.45, 7) is 0.631. The van der Waals surface area contributed by atoms with Crippen LogP contribution in [0.5, 0.6) is 34.5 Å². The number of methoxy groups -OCH3 is 3. The fourth-order valence-corrected chi connectivity index (χ4v) is 5.46. The largest absolute Gasteiger partial charge is 0.504 e. The van der Waals surface area contributed by atoms with E-state index in [0.29, 0.717) is 0 Å². The van der Waals surface area contributed by atoms with Gasteiger partial charge in [0.2, 0.25) is 23.2 Å². The van der Waals surface area contributed by atoms with E-state index in [2.05, 4.69) is 0 Å². The summed E-state index contributed by atoms with van der Waals surface area (Å²) in [5, 5.41) is 83.0. The number of fused-ring (bicyclic) bond motifs is 1. The summed E-state index contributed by atoms with van der Waals surface area (Å²) in [5.74, 6) is -1.96. The summed E-state index contributed by atoms with van der Waals surface area (Å²) in [7, 11) is 3.71. The van der Waals surface area contributed by atoms with Crippen LogP contribution in [0, 0.1) is 0 Å². The van der Waals surface area contributed by atoms with Gasteiger partial charge in [-0.2, -0.15) is 0 Å². The molecule has 0 amide bonds. The van der Waals surface area contributed by atoms with Crippen LogP contribution in [0.4, 0.5) is 0 Å². The maximum absolute atomic E-state index is 13.6. The first kappa shape index (κ1) is 34.4. The highest BCUT2D eigenvalue weighted by molar-refractivity contribution is 5.91. The Morgan fingerprint density at radius 1 is 0.787 bits per heavy atom. The van der Waals surface area contributed by atoms with Crippen molar-refractivity contribution in [1.29, 1.82) is 0 Å². The fraction of sp³-hybridized carbons (Fsp3) is 0.500. The first-order valence-corrected chi connectivity index (χ1v) is 14.3. The van der Waals surface area contributed by atoms with Crippen LogP contribution in [-0.4, -0.2) is 130 Å². The van der Waals surface area contributed by atoms with Crippen LogP contribution in [0.25, 0.3) is 22.3 Å². The zero-order valence-corrected chi connectivity index (χ0v) is 25.5. The second-order valence-electron chi connectivity index (χ2n) is 10.9. The van der Waals surface area contributed by atoms with Gasteiger partial charge in [0.15, 0.2) is 41.2 Å². The Kier molecular flexibility index (Phi) is 10.0. The number of hydrogen-bond acceptors (Lipinski definition) is 17. The minimum absolute atomic E-state index is 0.0667. The highest BCUT2D eigenvalue weighted by Gasteiger charge is 2.51. The van der Waals surface area contributed by atoms with Crippen molar-refractivity contribution in [2.75, 3.05) is 27.9 Å². The molecule has 0 bridgehead atoms. The monoisotopic (exact) mass is 668 g/mol. The molecule has 2 aromatic carbocycles. The molecule has 47 heavy (non-hydrogen) atoms. The summed E-state index contributed by atoms with van der Waals surface area (Å²) < 4.78 is 44.7. The van der Waals surface area contributed by atoms with Crippen molar-refractivity contribution in [2.24, 2.45) is 0 Å². The van der Waals surface area contributed by atoms with Crippen LogP contribution in [0.3, 0.4) is 0 Å². The van der Waals surface area contributed by atoms with E-state index in [9.17, 15) is 45.6 Å². The summed E-state index contributed by atoms with van der Waals surface area (Å²) in [5.41, 5.74) is -0.783. The van der Waals surface area contributed by atoms with E-state index in [1.54, 1.807) is 0 Å². The Bertz CT molecular complexity index is 1640. The molecule has 8 N–H and O–H groups in total. The molecule has 10 atom stereocenters. The molecule has 3 heterocycles. The maximum Gasteiger partial charge on any atom is 0.239 e. The van der Waals surface area contributed by atoms with E-state index >= 15 is 0 Å². The molecule has 0 radical (unpaired) electrons. The number of hydrogen-bond donors (Lipinski definition) is 8. The molecule has 2 aliphatic heterocycles. The molecule has 2 saturated heterocycles. The van der Waals surface area contributed by atoms with Crippen molar-refractivity contribution in [3.8, 4) is 45.8 Å². The van der Waals surface area contributed by atoms with Gasteiger partial charge in [-0.15, -0.1) is 0 Å². The zero-order valence-electron chi connectivity index (χ0n) is 25.5. The van der Waals surface area contributed by atoms with Crippen molar-refractivity contribution in [1.82, 2.24) is 0 Å². The Morgan fingerprint density at radius 3 is 2.13 bits per heavy atom. The third kappa shape index (κ3) is 6.13. The normalized spacial score (nSPS) is 31.0. The van der Waals surface area contributed by atoms with Crippen molar-refractivity contribution in [3.63, 3.8) is 0 Å².